The number of nitrogens with zero attached hydrogens (tertiary/aromatic N) is 1. The molecule has 3 heteroatoms. The highest BCUT2D eigenvalue weighted by molar-refractivity contribution is 5.76. The van der Waals surface area contributed by atoms with E-state index in [4.69, 9.17) is 0 Å². The van der Waals surface area contributed by atoms with E-state index in [1.165, 1.54) is 0 Å². The van der Waals surface area contributed by atoms with Gasteiger partial charge in [0, 0.05) is 19.5 Å². The first-order valence-corrected chi connectivity index (χ1v) is 6.14. The molecule has 1 saturated heterocycles. The minimum Gasteiger partial charge on any atom is -0.391 e. The maximum Gasteiger partial charge on any atom is 0.222 e. The van der Waals surface area contributed by atoms with Crippen LogP contribution < -0.4 is 0 Å². The molecule has 0 spiro atoms. The Balaban J connectivity index is 2.41. The third-order valence-electron chi connectivity index (χ3n) is 3.42. The van der Waals surface area contributed by atoms with Crippen molar-refractivity contribution >= 4 is 5.91 Å². The van der Waals surface area contributed by atoms with E-state index in [-0.39, 0.29) is 12.0 Å². The normalized spacial score (nSPS) is 19.7. The summed E-state index contributed by atoms with van der Waals surface area (Å²) in [5.74, 6) is 0.547. The van der Waals surface area contributed by atoms with Crippen molar-refractivity contribution < 1.29 is 9.90 Å². The van der Waals surface area contributed by atoms with Gasteiger partial charge in [0.15, 0.2) is 0 Å². The Morgan fingerprint density at radius 1 is 1.33 bits per heavy atom. The summed E-state index contributed by atoms with van der Waals surface area (Å²) >= 11 is 0. The van der Waals surface area contributed by atoms with Crippen molar-refractivity contribution in [2.75, 3.05) is 13.1 Å². The van der Waals surface area contributed by atoms with Crippen molar-refractivity contribution in [3.63, 3.8) is 0 Å². The number of amides is 1. The second-order valence-electron chi connectivity index (χ2n) is 4.44. The Hall–Kier alpha value is -0.570. The fourth-order valence-corrected chi connectivity index (χ4v) is 2.26. The van der Waals surface area contributed by atoms with Crippen LogP contribution in [0.1, 0.15) is 46.0 Å². The average Bonchev–Trinajstić information content (AvgIpc) is 2.23. The van der Waals surface area contributed by atoms with E-state index in [0.717, 1.165) is 32.2 Å². The number of aliphatic hydroxyl groups excluding tert-OH is 1. The third kappa shape index (κ3) is 3.49. The van der Waals surface area contributed by atoms with Crippen LogP contribution in [-0.4, -0.2) is 35.1 Å². The van der Waals surface area contributed by atoms with Gasteiger partial charge >= 0.3 is 0 Å². The molecule has 0 saturated carbocycles. The minimum absolute atomic E-state index is 0.214. The van der Waals surface area contributed by atoms with Crippen LogP contribution in [0.25, 0.3) is 0 Å². The zero-order chi connectivity index (χ0) is 11.3. The summed E-state index contributed by atoms with van der Waals surface area (Å²) in [5.41, 5.74) is 0. The predicted molar refractivity (Wildman–Crippen MR) is 60.5 cm³/mol. The maximum absolute atomic E-state index is 11.5. The van der Waals surface area contributed by atoms with Crippen molar-refractivity contribution in [2.24, 2.45) is 5.92 Å². The Morgan fingerprint density at radius 2 is 2.00 bits per heavy atom. The van der Waals surface area contributed by atoms with Gasteiger partial charge < -0.3 is 10.0 Å². The first-order chi connectivity index (χ1) is 7.19. The molecule has 1 amide bonds. The quantitative estimate of drug-likeness (QED) is 0.756. The van der Waals surface area contributed by atoms with E-state index in [1.54, 1.807) is 0 Å². The molecule has 0 aromatic heterocycles. The summed E-state index contributed by atoms with van der Waals surface area (Å²) in [4.78, 5) is 13.4. The van der Waals surface area contributed by atoms with E-state index >= 15 is 0 Å². The second-order valence-corrected chi connectivity index (χ2v) is 4.44. The molecule has 0 bridgehead atoms. The highest BCUT2D eigenvalue weighted by Crippen LogP contribution is 2.17. The van der Waals surface area contributed by atoms with Crippen LogP contribution in [0.15, 0.2) is 0 Å². The van der Waals surface area contributed by atoms with E-state index in [2.05, 4.69) is 13.8 Å². The third-order valence-corrected chi connectivity index (χ3v) is 3.42. The molecule has 1 atom stereocenters. The van der Waals surface area contributed by atoms with Gasteiger partial charge in [-0.1, -0.05) is 26.7 Å². The molecule has 1 fully saturated rings. The lowest BCUT2D eigenvalue weighted by molar-refractivity contribution is -0.135. The summed E-state index contributed by atoms with van der Waals surface area (Å²) < 4.78 is 0. The van der Waals surface area contributed by atoms with Gasteiger partial charge in [-0.15, -0.1) is 0 Å². The van der Waals surface area contributed by atoms with E-state index in [1.807, 2.05) is 4.90 Å². The monoisotopic (exact) mass is 213 g/mol. The fraction of sp³-hybridized carbons (Fsp3) is 0.917. The van der Waals surface area contributed by atoms with Crippen LogP contribution in [0.2, 0.25) is 0 Å². The first kappa shape index (κ1) is 12.5. The van der Waals surface area contributed by atoms with Crippen molar-refractivity contribution in [3.8, 4) is 0 Å². The molecule has 15 heavy (non-hydrogen) atoms. The number of piperidine rings is 1. The van der Waals surface area contributed by atoms with Crippen molar-refractivity contribution in [2.45, 2.75) is 52.1 Å². The van der Waals surface area contributed by atoms with E-state index < -0.39 is 0 Å². The largest absolute Gasteiger partial charge is 0.391 e. The van der Waals surface area contributed by atoms with E-state index in [0.29, 0.717) is 18.9 Å². The van der Waals surface area contributed by atoms with Crippen molar-refractivity contribution in [3.05, 3.63) is 0 Å². The Labute approximate surface area is 92.5 Å². The van der Waals surface area contributed by atoms with Crippen molar-refractivity contribution in [1.82, 2.24) is 4.90 Å². The van der Waals surface area contributed by atoms with Crippen LogP contribution >= 0.6 is 0 Å². The molecular weight excluding hydrogens is 190 g/mol. The standard InChI is InChI=1S/C12H23NO2/c1-3-10(4-2)11(14)9-13-8-6-5-7-12(13)15/h10-11,14H,3-9H2,1-2H3. The molecule has 0 aliphatic carbocycles. The molecule has 0 aromatic rings. The summed E-state index contributed by atoms with van der Waals surface area (Å²) in [7, 11) is 0. The first-order valence-electron chi connectivity index (χ1n) is 6.14. The lowest BCUT2D eigenvalue weighted by atomic mass is 9.95. The molecular formula is C12H23NO2. The van der Waals surface area contributed by atoms with Gasteiger partial charge in [0.1, 0.15) is 0 Å². The zero-order valence-corrected chi connectivity index (χ0v) is 9.91. The number of hydrogen-bond donors (Lipinski definition) is 1. The number of likely N-dealkylation sites (tertiary alicyclic amines) is 1. The fourth-order valence-electron chi connectivity index (χ4n) is 2.26. The molecule has 88 valence electrons. The Kier molecular flexibility index (Phi) is 5.09. The predicted octanol–water partition coefficient (Wildman–Crippen LogP) is 1.80. The molecule has 1 aliphatic rings. The maximum atomic E-state index is 11.5. The van der Waals surface area contributed by atoms with Crippen LogP contribution in [-0.2, 0) is 4.79 Å². The lowest BCUT2D eigenvalue weighted by Gasteiger charge is -2.31. The number of β-amino-alcohol motifs (C(OH)–C–C–N with tert-alkyl or cyclic N) is 1. The minimum atomic E-state index is -0.345. The van der Waals surface area contributed by atoms with Gasteiger partial charge in [-0.05, 0) is 18.8 Å². The molecule has 1 unspecified atom stereocenters. The number of hydrogen-bond acceptors (Lipinski definition) is 2. The molecule has 1 aliphatic heterocycles. The van der Waals surface area contributed by atoms with Gasteiger partial charge in [0.05, 0.1) is 6.10 Å². The van der Waals surface area contributed by atoms with Crippen LogP contribution in [0.5, 0.6) is 0 Å². The van der Waals surface area contributed by atoms with Gasteiger partial charge in [-0.3, -0.25) is 4.79 Å². The summed E-state index contributed by atoms with van der Waals surface area (Å²) in [6, 6.07) is 0. The highest BCUT2D eigenvalue weighted by Gasteiger charge is 2.23. The van der Waals surface area contributed by atoms with Crippen molar-refractivity contribution in [1.29, 1.82) is 0 Å². The Morgan fingerprint density at radius 3 is 2.53 bits per heavy atom. The van der Waals surface area contributed by atoms with Crippen LogP contribution in [0, 0.1) is 5.92 Å². The lowest BCUT2D eigenvalue weighted by Crippen LogP contribution is -2.42. The summed E-state index contributed by atoms with van der Waals surface area (Å²) in [6.45, 7) is 5.55. The van der Waals surface area contributed by atoms with Gasteiger partial charge in [-0.25, -0.2) is 0 Å². The summed E-state index contributed by atoms with van der Waals surface area (Å²) in [6.07, 6.45) is 4.38. The zero-order valence-electron chi connectivity index (χ0n) is 9.91. The highest BCUT2D eigenvalue weighted by atomic mass is 16.3. The summed E-state index contributed by atoms with van der Waals surface area (Å²) in [5, 5.41) is 9.99. The van der Waals surface area contributed by atoms with Gasteiger partial charge in [0.25, 0.3) is 0 Å². The number of carbonyl (C=O) groups excluding carboxylic acids is 1. The number of aliphatic hydroxyl groups is 1. The molecule has 1 rings (SSSR count). The molecule has 0 radical (unpaired) electrons. The van der Waals surface area contributed by atoms with Gasteiger partial charge in [0.2, 0.25) is 5.91 Å². The van der Waals surface area contributed by atoms with Crippen LogP contribution in [0.3, 0.4) is 0 Å². The number of carbonyl (C=O) groups is 1. The Bertz CT molecular complexity index is 202. The van der Waals surface area contributed by atoms with Gasteiger partial charge in [-0.2, -0.15) is 0 Å². The van der Waals surface area contributed by atoms with Crippen LogP contribution in [0.4, 0.5) is 0 Å². The molecule has 3 nitrogen and oxygen atoms in total. The number of rotatable bonds is 5. The molecule has 1 heterocycles. The second kappa shape index (κ2) is 6.11. The molecule has 1 N–H and O–H groups in total. The average molecular weight is 213 g/mol. The smallest absolute Gasteiger partial charge is 0.222 e. The van der Waals surface area contributed by atoms with E-state index in [9.17, 15) is 9.90 Å². The molecule has 0 aromatic carbocycles. The SMILES string of the molecule is CCC(CC)C(O)CN1CCCCC1=O. The topological polar surface area (TPSA) is 40.5 Å².